The Morgan fingerprint density at radius 2 is 1.83 bits per heavy atom. The molecule has 0 saturated carbocycles. The second kappa shape index (κ2) is 4.87. The maximum Gasteiger partial charge on any atom is 0.360 e. The highest BCUT2D eigenvalue weighted by Crippen LogP contribution is 2.12. The van der Waals surface area contributed by atoms with Crippen LogP contribution in [-0.4, -0.2) is 5.91 Å². The standard InChI is InChI=1S/C14H13NO3/c1-9-8-10(2)18-14(17)12(9)15-13(16)11-6-4-3-5-7-11/h3-8H,1-2H3,(H,15,16). The van der Waals surface area contributed by atoms with E-state index in [1.807, 2.05) is 6.07 Å². The summed E-state index contributed by atoms with van der Waals surface area (Å²) in [5.41, 5.74) is 0.844. The number of hydrogen-bond donors (Lipinski definition) is 1. The summed E-state index contributed by atoms with van der Waals surface area (Å²) in [4.78, 5) is 23.6. The Labute approximate surface area is 104 Å². The first-order valence-electron chi connectivity index (χ1n) is 5.55. The molecule has 0 fully saturated rings. The highest BCUT2D eigenvalue weighted by atomic mass is 16.4. The van der Waals surface area contributed by atoms with Gasteiger partial charge in [-0.2, -0.15) is 0 Å². The van der Waals surface area contributed by atoms with Crippen molar-refractivity contribution in [2.24, 2.45) is 0 Å². The second-order valence-electron chi connectivity index (χ2n) is 4.02. The molecule has 1 heterocycles. The van der Waals surface area contributed by atoms with Crippen LogP contribution in [0.1, 0.15) is 21.7 Å². The van der Waals surface area contributed by atoms with Crippen molar-refractivity contribution in [3.05, 3.63) is 63.7 Å². The van der Waals surface area contributed by atoms with Gasteiger partial charge < -0.3 is 9.73 Å². The van der Waals surface area contributed by atoms with Crippen LogP contribution in [-0.2, 0) is 0 Å². The highest BCUT2D eigenvalue weighted by Gasteiger charge is 2.11. The molecule has 92 valence electrons. The quantitative estimate of drug-likeness (QED) is 0.881. The second-order valence-corrected chi connectivity index (χ2v) is 4.02. The molecule has 0 radical (unpaired) electrons. The summed E-state index contributed by atoms with van der Waals surface area (Å²) in [5, 5.41) is 2.58. The molecule has 4 nitrogen and oxygen atoms in total. The SMILES string of the molecule is Cc1cc(C)c(NC(=O)c2ccccc2)c(=O)o1. The van der Waals surface area contributed by atoms with Gasteiger partial charge in [0.25, 0.3) is 5.91 Å². The number of benzene rings is 1. The molecular weight excluding hydrogens is 230 g/mol. The van der Waals surface area contributed by atoms with E-state index in [9.17, 15) is 9.59 Å². The largest absolute Gasteiger partial charge is 0.427 e. The average molecular weight is 243 g/mol. The topological polar surface area (TPSA) is 59.3 Å². The number of anilines is 1. The molecular formula is C14H13NO3. The van der Waals surface area contributed by atoms with Gasteiger partial charge in [-0.1, -0.05) is 18.2 Å². The number of amides is 1. The van der Waals surface area contributed by atoms with Gasteiger partial charge >= 0.3 is 5.63 Å². The third-order valence-corrected chi connectivity index (χ3v) is 2.55. The van der Waals surface area contributed by atoms with Crippen molar-refractivity contribution >= 4 is 11.6 Å². The van der Waals surface area contributed by atoms with Gasteiger partial charge in [-0.05, 0) is 37.6 Å². The van der Waals surface area contributed by atoms with Crippen LogP contribution in [0.5, 0.6) is 0 Å². The minimum atomic E-state index is -0.531. The van der Waals surface area contributed by atoms with Crippen LogP contribution in [0, 0.1) is 13.8 Å². The predicted octanol–water partition coefficient (Wildman–Crippen LogP) is 2.51. The van der Waals surface area contributed by atoms with Crippen LogP contribution in [0.25, 0.3) is 0 Å². The normalized spacial score (nSPS) is 10.1. The van der Waals surface area contributed by atoms with Crippen LogP contribution in [0.2, 0.25) is 0 Å². The number of rotatable bonds is 2. The van der Waals surface area contributed by atoms with Gasteiger partial charge in [0.15, 0.2) is 0 Å². The first-order chi connectivity index (χ1) is 8.58. The van der Waals surface area contributed by atoms with Crippen LogP contribution in [0.15, 0.2) is 45.6 Å². The van der Waals surface area contributed by atoms with E-state index < -0.39 is 5.63 Å². The third kappa shape index (κ3) is 2.48. The lowest BCUT2D eigenvalue weighted by atomic mass is 10.2. The Kier molecular flexibility index (Phi) is 3.28. The lowest BCUT2D eigenvalue weighted by Gasteiger charge is -2.07. The van der Waals surface area contributed by atoms with Crippen molar-refractivity contribution in [2.75, 3.05) is 5.32 Å². The molecule has 1 amide bonds. The maximum absolute atomic E-state index is 11.9. The van der Waals surface area contributed by atoms with E-state index in [0.717, 1.165) is 0 Å². The van der Waals surface area contributed by atoms with Gasteiger partial charge in [0.2, 0.25) is 0 Å². The number of nitrogens with one attached hydrogen (secondary N) is 1. The summed E-state index contributed by atoms with van der Waals surface area (Å²) in [6, 6.07) is 10.4. The zero-order valence-electron chi connectivity index (χ0n) is 10.2. The molecule has 0 spiro atoms. The molecule has 1 aromatic carbocycles. The van der Waals surface area contributed by atoms with E-state index in [1.54, 1.807) is 44.2 Å². The van der Waals surface area contributed by atoms with Crippen molar-refractivity contribution in [2.45, 2.75) is 13.8 Å². The van der Waals surface area contributed by atoms with Crippen molar-refractivity contribution in [3.8, 4) is 0 Å². The molecule has 0 unspecified atom stereocenters. The zero-order chi connectivity index (χ0) is 13.1. The molecule has 0 atom stereocenters. The van der Waals surface area contributed by atoms with Crippen LogP contribution in [0.3, 0.4) is 0 Å². The molecule has 0 bridgehead atoms. The average Bonchev–Trinajstić information content (AvgIpc) is 2.34. The van der Waals surface area contributed by atoms with Gasteiger partial charge in [-0.25, -0.2) is 4.79 Å². The number of carbonyl (C=O) groups is 1. The van der Waals surface area contributed by atoms with Gasteiger partial charge in [-0.15, -0.1) is 0 Å². The van der Waals surface area contributed by atoms with E-state index in [2.05, 4.69) is 5.32 Å². The van der Waals surface area contributed by atoms with Gasteiger partial charge in [0.1, 0.15) is 11.4 Å². The molecule has 0 saturated heterocycles. The summed E-state index contributed by atoms with van der Waals surface area (Å²) in [7, 11) is 0. The zero-order valence-corrected chi connectivity index (χ0v) is 10.2. The Bertz CT molecular complexity index is 629. The Morgan fingerprint density at radius 1 is 1.17 bits per heavy atom. The van der Waals surface area contributed by atoms with Crippen LogP contribution >= 0.6 is 0 Å². The van der Waals surface area contributed by atoms with E-state index in [-0.39, 0.29) is 11.6 Å². The molecule has 4 heteroatoms. The van der Waals surface area contributed by atoms with E-state index in [4.69, 9.17) is 4.42 Å². The third-order valence-electron chi connectivity index (χ3n) is 2.55. The molecule has 2 rings (SSSR count). The Hall–Kier alpha value is -2.36. The highest BCUT2D eigenvalue weighted by molar-refractivity contribution is 6.04. The molecule has 18 heavy (non-hydrogen) atoms. The predicted molar refractivity (Wildman–Crippen MR) is 68.8 cm³/mol. The maximum atomic E-state index is 11.9. The van der Waals surface area contributed by atoms with E-state index in [1.165, 1.54) is 0 Å². The number of carbonyl (C=O) groups excluding carboxylic acids is 1. The van der Waals surface area contributed by atoms with Crippen molar-refractivity contribution < 1.29 is 9.21 Å². The summed E-state index contributed by atoms with van der Waals surface area (Å²) in [6.07, 6.45) is 0. The fourth-order valence-corrected chi connectivity index (χ4v) is 1.69. The van der Waals surface area contributed by atoms with Gasteiger partial charge in [0.05, 0.1) is 0 Å². The molecule has 1 N–H and O–H groups in total. The van der Waals surface area contributed by atoms with E-state index in [0.29, 0.717) is 16.9 Å². The monoisotopic (exact) mass is 243 g/mol. The van der Waals surface area contributed by atoms with E-state index >= 15 is 0 Å². The van der Waals surface area contributed by atoms with Gasteiger partial charge in [0, 0.05) is 5.56 Å². The van der Waals surface area contributed by atoms with Crippen LogP contribution in [0.4, 0.5) is 5.69 Å². The Morgan fingerprint density at radius 3 is 2.44 bits per heavy atom. The summed E-state index contributed by atoms with van der Waals surface area (Å²) < 4.78 is 4.96. The molecule has 0 aliphatic rings. The summed E-state index contributed by atoms with van der Waals surface area (Å²) >= 11 is 0. The summed E-state index contributed by atoms with van der Waals surface area (Å²) in [5.74, 6) is 0.199. The van der Waals surface area contributed by atoms with Gasteiger partial charge in [-0.3, -0.25) is 4.79 Å². The lowest BCUT2D eigenvalue weighted by Crippen LogP contribution is -2.19. The molecule has 2 aromatic rings. The molecule has 0 aliphatic heterocycles. The lowest BCUT2D eigenvalue weighted by molar-refractivity contribution is 0.102. The summed E-state index contributed by atoms with van der Waals surface area (Å²) in [6.45, 7) is 3.45. The first kappa shape index (κ1) is 12.1. The number of aryl methyl sites for hydroxylation is 2. The van der Waals surface area contributed by atoms with Crippen LogP contribution < -0.4 is 10.9 Å². The number of hydrogen-bond acceptors (Lipinski definition) is 3. The van der Waals surface area contributed by atoms with Crippen molar-refractivity contribution in [1.82, 2.24) is 0 Å². The Balaban J connectivity index is 2.31. The first-order valence-corrected chi connectivity index (χ1v) is 5.55. The fourth-order valence-electron chi connectivity index (χ4n) is 1.69. The van der Waals surface area contributed by atoms with Crippen molar-refractivity contribution in [3.63, 3.8) is 0 Å². The van der Waals surface area contributed by atoms with Crippen molar-refractivity contribution in [1.29, 1.82) is 0 Å². The fraction of sp³-hybridized carbons (Fsp3) is 0.143. The minimum Gasteiger partial charge on any atom is -0.427 e. The smallest absolute Gasteiger partial charge is 0.360 e. The molecule has 1 aromatic heterocycles. The minimum absolute atomic E-state index is 0.189. The molecule has 0 aliphatic carbocycles.